The number of ether oxygens (including phenoxy) is 2. The van der Waals surface area contributed by atoms with E-state index in [4.69, 9.17) is 18.1 Å². The molecule has 0 saturated carbocycles. The third-order valence-corrected chi connectivity index (χ3v) is 7.35. The van der Waals surface area contributed by atoms with E-state index in [0.717, 1.165) is 19.3 Å². The Morgan fingerprint density at radius 3 is 2.95 bits per heavy atom. The molecule has 116 valence electrons. The summed E-state index contributed by atoms with van der Waals surface area (Å²) in [7, 11) is -2.78. The maximum atomic E-state index is 13.2. The number of hydrogen-bond donors (Lipinski definition) is 0. The maximum absolute atomic E-state index is 13.2. The van der Waals surface area contributed by atoms with Crippen molar-refractivity contribution >= 4 is 7.37 Å². The molecule has 0 bridgehead atoms. The zero-order valence-electron chi connectivity index (χ0n) is 15.1. The lowest BCUT2D eigenvalue weighted by atomic mass is 9.90. The van der Waals surface area contributed by atoms with Crippen LogP contribution in [-0.2, 0) is 18.6 Å². The van der Waals surface area contributed by atoms with Gasteiger partial charge in [-0.1, -0.05) is 6.92 Å². The van der Waals surface area contributed by atoms with Crippen molar-refractivity contribution in [3.8, 4) is 0 Å². The molecule has 8 atom stereocenters. The van der Waals surface area contributed by atoms with Crippen molar-refractivity contribution in [3.05, 3.63) is 0 Å². The van der Waals surface area contributed by atoms with Crippen LogP contribution in [0.5, 0.6) is 0 Å². The molecule has 0 unspecified atom stereocenters. The lowest BCUT2D eigenvalue weighted by Gasteiger charge is -2.35. The SMILES string of the molecule is [2H]C[C@H]1O[C@H]([3H])C[C@@H]1O[P@@]1(=O)CCC[C@@H]([C@H]2O[C@H]([3H])C[C@@H]2C)C1. The van der Waals surface area contributed by atoms with Gasteiger partial charge in [0.05, 0.1) is 21.1 Å². The fourth-order valence-corrected chi connectivity index (χ4v) is 6.39. The topological polar surface area (TPSA) is 44.8 Å². The van der Waals surface area contributed by atoms with Crippen LogP contribution in [0.2, 0.25) is 0 Å². The van der Waals surface area contributed by atoms with Gasteiger partial charge < -0.3 is 14.0 Å². The summed E-state index contributed by atoms with van der Waals surface area (Å²) in [6.07, 6.45) is 3.18. The van der Waals surface area contributed by atoms with Crippen molar-refractivity contribution in [1.82, 2.24) is 0 Å². The second-order valence-electron chi connectivity index (χ2n) is 6.32. The Morgan fingerprint density at radius 1 is 1.35 bits per heavy atom. The van der Waals surface area contributed by atoms with E-state index in [2.05, 4.69) is 6.92 Å². The first-order valence-electron chi connectivity index (χ1n) is 9.47. The molecule has 3 heterocycles. The Hall–Kier alpha value is 0.110. The average molecular weight is 307 g/mol. The lowest BCUT2D eigenvalue weighted by molar-refractivity contribution is 0.0420. The van der Waals surface area contributed by atoms with Crippen molar-refractivity contribution in [1.29, 1.82) is 0 Å². The molecule has 0 N–H and O–H groups in total. The minimum atomic E-state index is -2.78. The molecule has 3 aliphatic rings. The standard InChI is InChI=1S/C15H27O4P/c1-11-5-7-18-15(11)13-4-3-9-20(16,10-13)19-14-6-8-17-12(14)2/h11-15H,3-10H2,1-2H3/t11-,12+,13+,14-,15-,20-/m0/s1/i2D,7T,8T/t7-,8-,11+,12-,13-,14+,15+,20+/m1. The zero-order chi connectivity index (χ0) is 16.6. The smallest absolute Gasteiger partial charge is 0.203 e. The van der Waals surface area contributed by atoms with E-state index in [-0.39, 0.29) is 18.9 Å². The lowest BCUT2D eigenvalue weighted by Crippen LogP contribution is -2.32. The average Bonchev–Trinajstić information content (AvgIpc) is 3.00. The van der Waals surface area contributed by atoms with E-state index in [1.807, 2.05) is 0 Å². The molecule has 0 aromatic carbocycles. The first-order chi connectivity index (χ1) is 10.9. The Balaban J connectivity index is 1.64. The summed E-state index contributed by atoms with van der Waals surface area (Å²) in [4.78, 5) is 0. The first-order valence-corrected chi connectivity index (χ1v) is 9.61. The summed E-state index contributed by atoms with van der Waals surface area (Å²) < 4.78 is 53.2. The molecule has 0 amide bonds. The Bertz CT molecular complexity index is 466. The predicted octanol–water partition coefficient (Wildman–Crippen LogP) is 3.29. The van der Waals surface area contributed by atoms with Gasteiger partial charge in [-0.3, -0.25) is 4.57 Å². The van der Waals surface area contributed by atoms with Gasteiger partial charge in [0, 0.05) is 26.9 Å². The van der Waals surface area contributed by atoms with Gasteiger partial charge in [0.1, 0.15) is 0 Å². The van der Waals surface area contributed by atoms with Crippen LogP contribution in [0.1, 0.15) is 43.6 Å². The van der Waals surface area contributed by atoms with Crippen LogP contribution in [0.3, 0.4) is 0 Å². The largest absolute Gasteiger partial charge is 0.378 e. The highest BCUT2D eigenvalue weighted by Gasteiger charge is 2.42. The van der Waals surface area contributed by atoms with Gasteiger partial charge in [0.15, 0.2) is 0 Å². The monoisotopic (exact) mass is 307 g/mol. The van der Waals surface area contributed by atoms with Crippen LogP contribution in [0.4, 0.5) is 0 Å². The highest BCUT2D eigenvalue weighted by Crippen LogP contribution is 2.56. The van der Waals surface area contributed by atoms with E-state index in [1.165, 1.54) is 0 Å². The highest BCUT2D eigenvalue weighted by atomic mass is 31.2. The van der Waals surface area contributed by atoms with Crippen LogP contribution in [0.15, 0.2) is 0 Å². The fourth-order valence-electron chi connectivity index (χ4n) is 3.53. The molecule has 0 aliphatic carbocycles. The van der Waals surface area contributed by atoms with Crippen molar-refractivity contribution in [3.63, 3.8) is 0 Å². The third-order valence-electron chi connectivity index (χ3n) is 4.67. The van der Waals surface area contributed by atoms with Gasteiger partial charge in [-0.25, -0.2) is 0 Å². The molecule has 0 aromatic heterocycles. The Kier molecular flexibility index (Phi) is 3.54. The summed E-state index contributed by atoms with van der Waals surface area (Å²) in [5.41, 5.74) is 0. The predicted molar refractivity (Wildman–Crippen MR) is 78.5 cm³/mol. The first kappa shape index (κ1) is 11.6. The zero-order valence-corrected chi connectivity index (χ0v) is 13.0. The molecular formula is C15H27O4P. The molecule has 0 radical (unpaired) electrons. The van der Waals surface area contributed by atoms with E-state index in [9.17, 15) is 4.57 Å². The molecule has 0 aromatic rings. The molecule has 3 rings (SSSR count). The van der Waals surface area contributed by atoms with Gasteiger partial charge in [-0.15, -0.1) is 0 Å². The van der Waals surface area contributed by atoms with E-state index < -0.39 is 32.7 Å². The Morgan fingerprint density at radius 2 is 2.20 bits per heavy atom. The second-order valence-corrected chi connectivity index (χ2v) is 8.98. The molecule has 4 nitrogen and oxygen atoms in total. The van der Waals surface area contributed by atoms with E-state index >= 15 is 0 Å². The summed E-state index contributed by atoms with van der Waals surface area (Å²) in [5, 5.41) is 0. The molecule has 5 heteroatoms. The summed E-state index contributed by atoms with van der Waals surface area (Å²) >= 11 is 0. The molecule has 0 spiro atoms. The minimum Gasteiger partial charge on any atom is -0.378 e. The minimum absolute atomic E-state index is 0.00505. The number of rotatable bonds is 3. The van der Waals surface area contributed by atoms with Gasteiger partial charge in [0.2, 0.25) is 7.37 Å². The van der Waals surface area contributed by atoms with Gasteiger partial charge in [-0.05, 0) is 44.4 Å². The highest BCUT2D eigenvalue weighted by molar-refractivity contribution is 7.59. The van der Waals surface area contributed by atoms with Gasteiger partial charge >= 0.3 is 0 Å². The quantitative estimate of drug-likeness (QED) is 0.751. The summed E-state index contributed by atoms with van der Waals surface area (Å²) in [6, 6.07) is 0. The van der Waals surface area contributed by atoms with E-state index in [1.54, 1.807) is 0 Å². The van der Waals surface area contributed by atoms with Crippen LogP contribution < -0.4 is 0 Å². The van der Waals surface area contributed by atoms with Crippen molar-refractivity contribution < 1.29 is 22.7 Å². The molecule has 20 heavy (non-hydrogen) atoms. The van der Waals surface area contributed by atoms with Crippen molar-refractivity contribution in [2.24, 2.45) is 11.8 Å². The van der Waals surface area contributed by atoms with Crippen LogP contribution >= 0.6 is 7.37 Å². The van der Waals surface area contributed by atoms with Crippen molar-refractivity contribution in [2.45, 2.75) is 57.8 Å². The third kappa shape index (κ3) is 3.14. The van der Waals surface area contributed by atoms with Crippen LogP contribution in [0.25, 0.3) is 0 Å². The second kappa shape index (κ2) is 6.08. The van der Waals surface area contributed by atoms with Crippen LogP contribution in [-0.4, -0.2) is 43.8 Å². The number of hydrogen-bond acceptors (Lipinski definition) is 4. The maximum Gasteiger partial charge on any atom is 0.203 e. The van der Waals surface area contributed by atoms with Gasteiger partial charge in [0.25, 0.3) is 0 Å². The fraction of sp³-hybridized carbons (Fsp3) is 1.00. The van der Waals surface area contributed by atoms with Crippen molar-refractivity contribution in [2.75, 3.05) is 25.5 Å². The molecular weight excluding hydrogens is 275 g/mol. The van der Waals surface area contributed by atoms with Gasteiger partial charge in [-0.2, -0.15) is 0 Å². The molecule has 3 fully saturated rings. The van der Waals surface area contributed by atoms with E-state index in [0.29, 0.717) is 24.7 Å². The summed E-state index contributed by atoms with van der Waals surface area (Å²) in [5.74, 6) is 0.506. The van der Waals surface area contributed by atoms with Crippen LogP contribution in [0, 0.1) is 11.8 Å². The molecule has 3 saturated heterocycles. The normalized spacial score (nSPS) is 59.0. The summed E-state index contributed by atoms with van der Waals surface area (Å²) in [6.45, 7) is 1.000. The Labute approximate surface area is 126 Å². The molecule has 3 aliphatic heterocycles.